The van der Waals surface area contributed by atoms with Crippen molar-refractivity contribution in [1.82, 2.24) is 15.8 Å². The third kappa shape index (κ3) is 4.05. The number of halogens is 1. The molecular formula is C23H28ClN3O3. The molecule has 2 aliphatic heterocycles. The van der Waals surface area contributed by atoms with E-state index in [0.29, 0.717) is 18.2 Å². The highest BCUT2D eigenvalue weighted by atomic mass is 35.5. The fourth-order valence-electron chi connectivity index (χ4n) is 4.58. The number of hydrazine groups is 1. The van der Waals surface area contributed by atoms with Gasteiger partial charge in [0.1, 0.15) is 11.8 Å². The molecule has 2 aliphatic rings. The molecule has 0 saturated carbocycles. The van der Waals surface area contributed by atoms with E-state index in [2.05, 4.69) is 10.9 Å². The van der Waals surface area contributed by atoms with Crippen LogP contribution in [0, 0.1) is 5.92 Å². The number of likely N-dealkylation sites (tertiary alicyclic amines) is 1. The standard InChI is InChI=1S/C23H28ClN3O3/c1-14(2)30-13-5-12-27-22(15-8-10-16(24)11-9-15)19-20(25-26-21(19)23(27)29)17-6-3-4-7-18(17)28/h3-4,6-11,14,19-22,25-26,28H,5,12-13H2,1-2H3. The van der Waals surface area contributed by atoms with Crippen molar-refractivity contribution in [2.45, 2.75) is 44.5 Å². The van der Waals surface area contributed by atoms with Gasteiger partial charge in [-0.25, -0.2) is 10.9 Å². The SMILES string of the molecule is CC(C)OCCCN1C(=O)C2NNC(c3ccccc3O)C2C1c1ccc(Cl)cc1. The molecule has 6 nitrogen and oxygen atoms in total. The monoisotopic (exact) mass is 429 g/mol. The maximum atomic E-state index is 13.3. The van der Waals surface area contributed by atoms with E-state index >= 15 is 0 Å². The Labute approximate surface area is 182 Å². The summed E-state index contributed by atoms with van der Waals surface area (Å²) in [7, 11) is 0. The Morgan fingerprint density at radius 3 is 2.50 bits per heavy atom. The van der Waals surface area contributed by atoms with Crippen LogP contribution in [-0.2, 0) is 9.53 Å². The zero-order valence-electron chi connectivity index (χ0n) is 17.2. The van der Waals surface area contributed by atoms with Gasteiger partial charge in [-0.3, -0.25) is 4.79 Å². The van der Waals surface area contributed by atoms with Gasteiger partial charge in [0, 0.05) is 29.7 Å². The van der Waals surface area contributed by atoms with Gasteiger partial charge in [0.25, 0.3) is 0 Å². The summed E-state index contributed by atoms with van der Waals surface area (Å²) in [6.07, 6.45) is 0.935. The van der Waals surface area contributed by atoms with Crippen LogP contribution in [0.1, 0.15) is 43.5 Å². The summed E-state index contributed by atoms with van der Waals surface area (Å²) in [6, 6.07) is 14.3. The number of phenols is 1. The van der Waals surface area contributed by atoms with Crippen LogP contribution in [0.15, 0.2) is 48.5 Å². The van der Waals surface area contributed by atoms with Crippen molar-refractivity contribution in [2.75, 3.05) is 13.2 Å². The zero-order valence-corrected chi connectivity index (χ0v) is 18.0. The number of ether oxygens (including phenoxy) is 1. The number of rotatable bonds is 7. The maximum absolute atomic E-state index is 13.3. The van der Waals surface area contributed by atoms with Crippen molar-refractivity contribution < 1.29 is 14.6 Å². The van der Waals surface area contributed by atoms with Gasteiger partial charge in [-0.1, -0.05) is 41.9 Å². The minimum atomic E-state index is -0.360. The smallest absolute Gasteiger partial charge is 0.242 e. The second-order valence-electron chi connectivity index (χ2n) is 8.18. The number of nitrogens with zero attached hydrogens (tertiary/aromatic N) is 1. The molecule has 3 N–H and O–H groups in total. The van der Waals surface area contributed by atoms with Gasteiger partial charge in [-0.15, -0.1) is 0 Å². The largest absolute Gasteiger partial charge is 0.508 e. The van der Waals surface area contributed by atoms with Crippen LogP contribution in [0.2, 0.25) is 5.02 Å². The van der Waals surface area contributed by atoms with Gasteiger partial charge < -0.3 is 14.7 Å². The molecule has 160 valence electrons. The molecule has 2 aromatic rings. The highest BCUT2D eigenvalue weighted by molar-refractivity contribution is 6.30. The number of hydrogen-bond donors (Lipinski definition) is 3. The molecule has 1 amide bonds. The topological polar surface area (TPSA) is 73.8 Å². The number of nitrogens with one attached hydrogen (secondary N) is 2. The van der Waals surface area contributed by atoms with Crippen molar-refractivity contribution in [3.05, 3.63) is 64.7 Å². The molecule has 4 unspecified atom stereocenters. The Morgan fingerprint density at radius 2 is 1.80 bits per heavy atom. The molecular weight excluding hydrogens is 402 g/mol. The summed E-state index contributed by atoms with van der Waals surface area (Å²) in [6.45, 7) is 5.24. The lowest BCUT2D eigenvalue weighted by atomic mass is 9.83. The van der Waals surface area contributed by atoms with E-state index in [-0.39, 0.29) is 41.8 Å². The van der Waals surface area contributed by atoms with Crippen molar-refractivity contribution in [3.8, 4) is 5.75 Å². The van der Waals surface area contributed by atoms with Gasteiger partial charge >= 0.3 is 0 Å². The predicted octanol–water partition coefficient (Wildman–Crippen LogP) is 3.58. The Morgan fingerprint density at radius 1 is 1.10 bits per heavy atom. The Balaban J connectivity index is 1.65. The fraction of sp³-hybridized carbons (Fsp3) is 0.435. The van der Waals surface area contributed by atoms with Crippen LogP contribution in [0.4, 0.5) is 0 Å². The molecule has 2 heterocycles. The average Bonchev–Trinajstić information content (AvgIpc) is 3.26. The number of carbonyl (C=O) groups excluding carboxylic acids is 1. The van der Waals surface area contributed by atoms with Crippen LogP contribution < -0.4 is 10.9 Å². The summed E-state index contributed by atoms with van der Waals surface area (Å²) < 4.78 is 5.68. The quantitative estimate of drug-likeness (QED) is 0.587. The number of para-hydroxylation sites is 1. The third-order valence-corrected chi connectivity index (χ3v) is 6.14. The van der Waals surface area contributed by atoms with Crippen LogP contribution in [0.5, 0.6) is 5.75 Å². The lowest BCUT2D eigenvalue weighted by molar-refractivity contribution is -0.131. The summed E-state index contributed by atoms with van der Waals surface area (Å²) >= 11 is 6.12. The molecule has 4 rings (SSSR count). The van der Waals surface area contributed by atoms with Crippen LogP contribution in [0.3, 0.4) is 0 Å². The second-order valence-corrected chi connectivity index (χ2v) is 8.62. The highest BCUT2D eigenvalue weighted by Crippen LogP contribution is 2.48. The lowest BCUT2D eigenvalue weighted by Gasteiger charge is -2.31. The van der Waals surface area contributed by atoms with E-state index in [9.17, 15) is 9.90 Å². The van der Waals surface area contributed by atoms with E-state index in [1.54, 1.807) is 12.1 Å². The third-order valence-electron chi connectivity index (χ3n) is 5.89. The first kappa shape index (κ1) is 21.1. The van der Waals surface area contributed by atoms with Crippen LogP contribution >= 0.6 is 11.6 Å². The van der Waals surface area contributed by atoms with Gasteiger partial charge in [-0.2, -0.15) is 0 Å². The molecule has 2 fully saturated rings. The lowest BCUT2D eigenvalue weighted by Crippen LogP contribution is -2.41. The zero-order chi connectivity index (χ0) is 21.3. The number of phenolic OH excluding ortho intramolecular Hbond substituents is 1. The first-order valence-corrected chi connectivity index (χ1v) is 10.8. The number of fused-ring (bicyclic) bond motifs is 1. The minimum absolute atomic E-state index is 0.0647. The number of benzene rings is 2. The highest BCUT2D eigenvalue weighted by Gasteiger charge is 2.55. The molecule has 0 bridgehead atoms. The Bertz CT molecular complexity index is 890. The summed E-state index contributed by atoms with van der Waals surface area (Å²) in [5, 5.41) is 11.1. The van der Waals surface area contributed by atoms with Gasteiger partial charge in [-0.05, 0) is 44.0 Å². The first-order valence-electron chi connectivity index (χ1n) is 10.4. The summed E-state index contributed by atoms with van der Waals surface area (Å²) in [4.78, 5) is 15.3. The van der Waals surface area contributed by atoms with E-state index in [4.69, 9.17) is 16.3 Å². The summed E-state index contributed by atoms with van der Waals surface area (Å²) in [5.41, 5.74) is 8.26. The maximum Gasteiger partial charge on any atom is 0.242 e. The minimum Gasteiger partial charge on any atom is -0.508 e. The second kappa shape index (κ2) is 8.94. The molecule has 4 atom stereocenters. The van der Waals surface area contributed by atoms with E-state index < -0.39 is 0 Å². The normalized spacial score (nSPS) is 25.9. The molecule has 0 radical (unpaired) electrons. The molecule has 2 saturated heterocycles. The number of hydrogen-bond acceptors (Lipinski definition) is 5. The number of amides is 1. The van der Waals surface area contributed by atoms with E-state index in [0.717, 1.165) is 17.5 Å². The molecule has 0 spiro atoms. The number of carbonyl (C=O) groups is 1. The Hall–Kier alpha value is -2.12. The van der Waals surface area contributed by atoms with Gasteiger partial charge in [0.2, 0.25) is 5.91 Å². The molecule has 2 aromatic carbocycles. The first-order chi connectivity index (χ1) is 14.5. The van der Waals surface area contributed by atoms with Crippen molar-refractivity contribution >= 4 is 17.5 Å². The van der Waals surface area contributed by atoms with Crippen molar-refractivity contribution in [3.63, 3.8) is 0 Å². The molecule has 7 heteroatoms. The van der Waals surface area contributed by atoms with Crippen molar-refractivity contribution in [1.29, 1.82) is 0 Å². The molecule has 0 aromatic heterocycles. The van der Waals surface area contributed by atoms with Crippen molar-refractivity contribution in [2.24, 2.45) is 5.92 Å². The van der Waals surface area contributed by atoms with Crippen LogP contribution in [-0.4, -0.2) is 41.2 Å². The predicted molar refractivity (Wildman–Crippen MR) is 116 cm³/mol. The summed E-state index contributed by atoms with van der Waals surface area (Å²) in [5.74, 6) is 0.219. The van der Waals surface area contributed by atoms with E-state index in [1.165, 1.54) is 0 Å². The molecule has 30 heavy (non-hydrogen) atoms. The molecule has 0 aliphatic carbocycles. The van der Waals surface area contributed by atoms with Gasteiger partial charge in [0.15, 0.2) is 0 Å². The average molecular weight is 430 g/mol. The number of aromatic hydroxyl groups is 1. The van der Waals surface area contributed by atoms with Gasteiger partial charge in [0.05, 0.1) is 18.2 Å². The van der Waals surface area contributed by atoms with E-state index in [1.807, 2.05) is 55.1 Å². The Kier molecular flexibility index (Phi) is 6.29. The fourth-order valence-corrected chi connectivity index (χ4v) is 4.71. The van der Waals surface area contributed by atoms with Crippen LogP contribution in [0.25, 0.3) is 0 Å².